The summed E-state index contributed by atoms with van der Waals surface area (Å²) in [6, 6.07) is 4.37. The summed E-state index contributed by atoms with van der Waals surface area (Å²) < 4.78 is 0. The zero-order valence-electron chi connectivity index (χ0n) is 31.6. The van der Waals surface area contributed by atoms with Crippen molar-refractivity contribution in [2.24, 2.45) is 0 Å². The monoisotopic (exact) mass is 736 g/mol. The topological polar surface area (TPSA) is 0 Å². The maximum atomic E-state index is 2.31. The third-order valence-electron chi connectivity index (χ3n) is 14.0. The first-order valence-electron chi connectivity index (χ1n) is 21.8. The van der Waals surface area contributed by atoms with Crippen LogP contribution in [0.4, 0.5) is 0 Å². The van der Waals surface area contributed by atoms with Gasteiger partial charge in [-0.3, -0.25) is 0 Å². The maximum Gasteiger partial charge on any atom is 0.0680 e. The summed E-state index contributed by atoms with van der Waals surface area (Å²) in [5, 5.41) is 0. The Bertz CT molecular complexity index is 549. The van der Waals surface area contributed by atoms with Crippen LogP contribution >= 0.6 is 15.8 Å². The summed E-state index contributed by atoms with van der Waals surface area (Å²) in [7, 11) is 0.0443. The molecule has 0 unspecified atom stereocenters. The van der Waals surface area contributed by atoms with Gasteiger partial charge in [0, 0.05) is 41.1 Å². The molecule has 0 N–H and O–H groups in total. The van der Waals surface area contributed by atoms with Crippen LogP contribution < -0.4 is 0 Å². The van der Waals surface area contributed by atoms with E-state index in [1.165, 1.54) is 52.1 Å². The second-order valence-corrected chi connectivity index (χ2v) is 27.3. The third kappa shape index (κ3) is 14.3. The molecule has 6 aliphatic rings. The molecule has 6 fully saturated rings. The van der Waals surface area contributed by atoms with E-state index in [0.29, 0.717) is 0 Å². The average Bonchev–Trinajstić information content (AvgIpc) is 3.13. The summed E-state index contributed by atoms with van der Waals surface area (Å²) >= 11 is 0. The minimum atomic E-state index is -0.0465. The summed E-state index contributed by atoms with van der Waals surface area (Å²) in [4.78, 5) is 0. The molecule has 0 saturated heterocycles. The molecule has 0 aromatic rings. The van der Waals surface area contributed by atoms with E-state index < -0.39 is 0 Å². The largest absolute Gasteiger partial charge is 0.0680 e. The summed E-state index contributed by atoms with van der Waals surface area (Å²) in [6.45, 7) is 6.92. The number of rotatable bonds is 9. The molecule has 6 aliphatic carbocycles. The molecule has 0 aromatic heterocycles. The van der Waals surface area contributed by atoms with Gasteiger partial charge in [-0.25, -0.2) is 0 Å². The molecule has 0 aliphatic heterocycles. The quantitative estimate of drug-likeness (QED) is 0.163. The fourth-order valence-corrected chi connectivity index (χ4v) is 23.3. The van der Waals surface area contributed by atoms with Gasteiger partial charge in [-0.2, -0.15) is 0 Å². The molecule has 6 saturated carbocycles. The number of hydrogen-bond acceptors (Lipinski definition) is 0. The second-order valence-electron chi connectivity index (χ2n) is 16.8. The molecule has 1 radical (unpaired) electrons. The van der Waals surface area contributed by atoms with Gasteiger partial charge in [-0.05, 0) is 154 Å². The van der Waals surface area contributed by atoms with Crippen molar-refractivity contribution in [2.45, 2.75) is 265 Å². The van der Waals surface area contributed by atoms with Crippen molar-refractivity contribution < 1.29 is 16.5 Å². The Hall–Kier alpha value is 1.57. The van der Waals surface area contributed by atoms with Crippen molar-refractivity contribution >= 4 is 24.6 Å². The number of hydrogen-bond donors (Lipinski definition) is 0. The average molecular weight is 737 g/mol. The first kappa shape index (κ1) is 42.0. The molecular weight excluding hydrogens is 653 g/mol. The van der Waals surface area contributed by atoms with Crippen molar-refractivity contribution in [2.75, 3.05) is 0 Å². The molecule has 273 valence electrons. The van der Waals surface area contributed by atoms with Crippen LogP contribution in [0, 0.1) is 0 Å². The van der Waals surface area contributed by atoms with E-state index in [1.807, 2.05) is 0 Å². The summed E-state index contributed by atoms with van der Waals surface area (Å²) in [5.41, 5.74) is 7.36. The van der Waals surface area contributed by atoms with E-state index in [4.69, 9.17) is 0 Å². The molecule has 0 atom stereocenters. The normalized spacial score (nSPS) is 25.4. The van der Waals surface area contributed by atoms with Crippen LogP contribution in [0.2, 0.25) is 18.1 Å². The Morgan fingerprint density at radius 3 is 0.565 bits per heavy atom. The standard InChI is InChI=1S/2C18H33P.C6H15Si.Ni/c2*1-4-10-16(11-5-1)19(17-12-6-2-7-13-17)18-14-8-3-9-15-18;1-4-7(5-2)6-3;/h2*16-18H,1-15H2;4-6H2,1-3H3;/p+2. The fourth-order valence-electron chi connectivity index (χ4n) is 11.4. The molecule has 0 nitrogen and oxygen atoms in total. The van der Waals surface area contributed by atoms with Crippen molar-refractivity contribution in [3.05, 3.63) is 0 Å². The SMILES string of the molecule is C1CCC([PH+](C2CCCCC2)C2CCCCC2)CC1.C1CCC([PH+](C2CCCCC2)C2CCCCC2)CC1.CC[Si](CC)CC.[Ni]. The van der Waals surface area contributed by atoms with E-state index in [-0.39, 0.29) is 41.1 Å². The first-order valence-corrected chi connectivity index (χ1v) is 27.4. The second kappa shape index (κ2) is 25.5. The summed E-state index contributed by atoms with van der Waals surface area (Å²) in [5.74, 6) is 0. The maximum absolute atomic E-state index is 2.31. The Morgan fingerprint density at radius 1 is 0.304 bits per heavy atom. The van der Waals surface area contributed by atoms with Gasteiger partial charge in [0.2, 0.25) is 0 Å². The smallest absolute Gasteiger partial charge is 0.0680 e. The van der Waals surface area contributed by atoms with Crippen molar-refractivity contribution in [1.29, 1.82) is 0 Å². The van der Waals surface area contributed by atoms with Crippen LogP contribution in [0.5, 0.6) is 0 Å². The summed E-state index contributed by atoms with van der Waals surface area (Å²) in [6.07, 6.45) is 47.6. The first-order chi connectivity index (χ1) is 22.2. The van der Waals surface area contributed by atoms with Gasteiger partial charge in [-0.1, -0.05) is 77.4 Å². The van der Waals surface area contributed by atoms with E-state index in [1.54, 1.807) is 193 Å². The molecule has 0 bridgehead atoms. The molecule has 0 spiro atoms. The van der Waals surface area contributed by atoms with E-state index in [2.05, 4.69) is 20.8 Å². The molecule has 4 heteroatoms. The van der Waals surface area contributed by atoms with Crippen LogP contribution in [-0.2, 0) is 16.5 Å². The van der Waals surface area contributed by atoms with Crippen LogP contribution in [0.1, 0.15) is 213 Å². The Labute approximate surface area is 305 Å². The van der Waals surface area contributed by atoms with Gasteiger partial charge in [0.1, 0.15) is 0 Å². The molecule has 0 aromatic carbocycles. The van der Waals surface area contributed by atoms with Gasteiger partial charge in [0.15, 0.2) is 0 Å². The Kier molecular flexibility index (Phi) is 23.3. The van der Waals surface area contributed by atoms with Crippen LogP contribution in [0.15, 0.2) is 0 Å². The van der Waals surface area contributed by atoms with Crippen LogP contribution in [-0.4, -0.2) is 42.8 Å². The van der Waals surface area contributed by atoms with E-state index in [0.717, 1.165) is 0 Å². The zero-order chi connectivity index (χ0) is 31.5. The minimum Gasteiger partial charge on any atom is -0.0680 e. The van der Waals surface area contributed by atoms with Gasteiger partial charge in [-0.15, -0.1) is 0 Å². The van der Waals surface area contributed by atoms with Crippen LogP contribution in [0.3, 0.4) is 0 Å². The molecule has 46 heavy (non-hydrogen) atoms. The predicted molar refractivity (Wildman–Crippen MR) is 215 cm³/mol. The fraction of sp³-hybridized carbons (Fsp3) is 1.00. The predicted octanol–water partition coefficient (Wildman–Crippen LogP) is 14.9. The van der Waals surface area contributed by atoms with E-state index in [9.17, 15) is 0 Å². The zero-order valence-corrected chi connectivity index (χ0v) is 35.6. The van der Waals surface area contributed by atoms with Gasteiger partial charge in [0.05, 0.1) is 34.0 Å². The van der Waals surface area contributed by atoms with E-state index >= 15 is 0 Å². The van der Waals surface area contributed by atoms with Crippen molar-refractivity contribution in [3.63, 3.8) is 0 Å². The minimum absolute atomic E-state index is 0. The molecule has 6 rings (SSSR count). The van der Waals surface area contributed by atoms with Crippen molar-refractivity contribution in [3.8, 4) is 0 Å². The van der Waals surface area contributed by atoms with Gasteiger partial charge >= 0.3 is 0 Å². The van der Waals surface area contributed by atoms with Gasteiger partial charge < -0.3 is 0 Å². The molecular formula is C42H83NiP2Si+2. The van der Waals surface area contributed by atoms with Crippen molar-refractivity contribution in [1.82, 2.24) is 0 Å². The Morgan fingerprint density at radius 2 is 0.457 bits per heavy atom. The third-order valence-corrected chi connectivity index (χ3v) is 26.1. The van der Waals surface area contributed by atoms with Gasteiger partial charge in [0.25, 0.3) is 0 Å². The Balaban J connectivity index is 0.000000205. The molecule has 0 heterocycles. The van der Waals surface area contributed by atoms with Crippen LogP contribution in [0.25, 0.3) is 0 Å². The molecule has 0 amide bonds.